The number of rotatable bonds is 4. The van der Waals surface area contributed by atoms with Gasteiger partial charge in [0.1, 0.15) is 5.82 Å². The topological polar surface area (TPSA) is 72.2 Å². The van der Waals surface area contributed by atoms with Crippen molar-refractivity contribution in [1.82, 2.24) is 5.32 Å². The average molecular weight is 258 g/mol. The number of nitrogen functional groups attached to an aromatic ring is 1. The molecule has 0 saturated heterocycles. The van der Waals surface area contributed by atoms with Gasteiger partial charge in [-0.1, -0.05) is 0 Å². The average Bonchev–Trinajstić information content (AvgIpc) is 2.23. The molecule has 0 fully saturated rings. The van der Waals surface area contributed by atoms with Gasteiger partial charge < -0.3 is 11.1 Å². The van der Waals surface area contributed by atoms with Gasteiger partial charge in [-0.3, -0.25) is 9.00 Å². The van der Waals surface area contributed by atoms with Crippen molar-refractivity contribution in [3.05, 3.63) is 29.6 Å². The molecule has 2 unspecified atom stereocenters. The minimum Gasteiger partial charge on any atom is -0.399 e. The van der Waals surface area contributed by atoms with E-state index in [-0.39, 0.29) is 23.0 Å². The van der Waals surface area contributed by atoms with Crippen LogP contribution < -0.4 is 11.1 Å². The van der Waals surface area contributed by atoms with Gasteiger partial charge in [0.25, 0.3) is 5.91 Å². The van der Waals surface area contributed by atoms with E-state index in [1.54, 1.807) is 13.2 Å². The lowest BCUT2D eigenvalue weighted by atomic mass is 10.2. The fourth-order valence-corrected chi connectivity index (χ4v) is 1.52. The summed E-state index contributed by atoms with van der Waals surface area (Å²) in [5.41, 5.74) is 5.79. The number of anilines is 1. The fraction of sp³-hybridized carbons (Fsp3) is 0.364. The summed E-state index contributed by atoms with van der Waals surface area (Å²) in [6.45, 7) is 2.04. The van der Waals surface area contributed by atoms with Crippen LogP contribution in [0.2, 0.25) is 0 Å². The van der Waals surface area contributed by atoms with Crippen molar-refractivity contribution in [3.8, 4) is 0 Å². The maximum Gasteiger partial charge on any atom is 0.251 e. The number of nitrogens with two attached hydrogens (primary N) is 1. The van der Waals surface area contributed by atoms with Crippen LogP contribution in [0.4, 0.5) is 10.1 Å². The van der Waals surface area contributed by atoms with Crippen molar-refractivity contribution in [2.45, 2.75) is 12.2 Å². The summed E-state index contributed by atoms with van der Waals surface area (Å²) in [7, 11) is -1.01. The number of hydrogen-bond donors (Lipinski definition) is 2. The second-order valence-corrected chi connectivity index (χ2v) is 5.59. The molecule has 1 amide bonds. The Morgan fingerprint density at radius 2 is 2.18 bits per heavy atom. The van der Waals surface area contributed by atoms with E-state index in [0.717, 1.165) is 12.1 Å². The molecule has 3 N–H and O–H groups in total. The lowest BCUT2D eigenvalue weighted by Gasteiger charge is -2.10. The van der Waals surface area contributed by atoms with Crippen LogP contribution in [-0.2, 0) is 10.8 Å². The third-order valence-corrected chi connectivity index (χ3v) is 3.60. The molecule has 0 bridgehead atoms. The SMILES string of the molecule is CC(CNC(=O)c1cc(N)cc(F)c1)S(C)=O. The largest absolute Gasteiger partial charge is 0.399 e. The highest BCUT2D eigenvalue weighted by Gasteiger charge is 2.11. The normalized spacial score (nSPS) is 14.1. The Morgan fingerprint density at radius 3 is 2.71 bits per heavy atom. The van der Waals surface area contributed by atoms with E-state index in [2.05, 4.69) is 5.32 Å². The van der Waals surface area contributed by atoms with Gasteiger partial charge in [0, 0.05) is 40.1 Å². The predicted molar refractivity (Wildman–Crippen MR) is 66.7 cm³/mol. The van der Waals surface area contributed by atoms with Crippen LogP contribution in [0.25, 0.3) is 0 Å². The summed E-state index contributed by atoms with van der Waals surface area (Å²) >= 11 is 0. The van der Waals surface area contributed by atoms with Crippen molar-refractivity contribution in [1.29, 1.82) is 0 Å². The Hall–Kier alpha value is -1.43. The first-order chi connectivity index (χ1) is 7.90. The number of benzene rings is 1. The van der Waals surface area contributed by atoms with Gasteiger partial charge in [-0.05, 0) is 25.1 Å². The van der Waals surface area contributed by atoms with Crippen molar-refractivity contribution in [2.24, 2.45) is 0 Å². The standard InChI is InChI=1S/C11H15FN2O2S/c1-7(17(2)16)6-14-11(15)8-3-9(12)5-10(13)4-8/h3-5,7H,6,13H2,1-2H3,(H,14,15). The molecule has 0 aliphatic carbocycles. The highest BCUT2D eigenvalue weighted by molar-refractivity contribution is 7.84. The molecule has 6 heteroatoms. The lowest BCUT2D eigenvalue weighted by Crippen LogP contribution is -2.32. The summed E-state index contributed by atoms with van der Waals surface area (Å²) in [4.78, 5) is 11.6. The van der Waals surface area contributed by atoms with Crippen LogP contribution in [0.3, 0.4) is 0 Å². The van der Waals surface area contributed by atoms with E-state index in [0.29, 0.717) is 0 Å². The van der Waals surface area contributed by atoms with E-state index in [1.807, 2.05) is 0 Å². The van der Waals surface area contributed by atoms with Gasteiger partial charge in [0.15, 0.2) is 0 Å². The lowest BCUT2D eigenvalue weighted by molar-refractivity contribution is 0.0953. The summed E-state index contributed by atoms with van der Waals surface area (Å²) in [6.07, 6.45) is 1.57. The number of carbonyl (C=O) groups excluding carboxylic acids is 1. The maximum absolute atomic E-state index is 13.0. The highest BCUT2D eigenvalue weighted by atomic mass is 32.2. The van der Waals surface area contributed by atoms with Gasteiger partial charge in [-0.15, -0.1) is 0 Å². The quantitative estimate of drug-likeness (QED) is 0.788. The Labute approximate surface area is 102 Å². The van der Waals surface area contributed by atoms with Crippen LogP contribution in [0.5, 0.6) is 0 Å². The van der Waals surface area contributed by atoms with E-state index in [1.165, 1.54) is 6.07 Å². The molecule has 1 rings (SSSR count). The first-order valence-corrected chi connectivity index (χ1v) is 6.68. The molecule has 1 aromatic rings. The molecule has 0 aromatic heterocycles. The third kappa shape index (κ3) is 4.14. The summed E-state index contributed by atoms with van der Waals surface area (Å²) in [5.74, 6) is -0.976. The van der Waals surface area contributed by atoms with Crippen LogP contribution >= 0.6 is 0 Å². The third-order valence-electron chi connectivity index (χ3n) is 2.30. The van der Waals surface area contributed by atoms with Crippen molar-refractivity contribution < 1.29 is 13.4 Å². The minimum atomic E-state index is -1.01. The van der Waals surface area contributed by atoms with Crippen LogP contribution in [-0.4, -0.2) is 28.2 Å². The van der Waals surface area contributed by atoms with Crippen molar-refractivity contribution >= 4 is 22.4 Å². The molecule has 1 aromatic carbocycles. The van der Waals surface area contributed by atoms with Gasteiger partial charge in [-0.2, -0.15) is 0 Å². The second-order valence-electron chi connectivity index (χ2n) is 3.79. The van der Waals surface area contributed by atoms with Gasteiger partial charge >= 0.3 is 0 Å². The number of halogens is 1. The van der Waals surface area contributed by atoms with Gasteiger partial charge in [0.05, 0.1) is 0 Å². The highest BCUT2D eigenvalue weighted by Crippen LogP contribution is 2.10. The molecule has 0 radical (unpaired) electrons. The maximum atomic E-state index is 13.0. The Kier molecular flexibility index (Phi) is 4.62. The summed E-state index contributed by atoms with van der Waals surface area (Å²) in [5, 5.41) is 2.43. The molecule has 0 aliphatic heterocycles. The molecule has 94 valence electrons. The predicted octanol–water partition coefficient (Wildman–Crippen LogP) is 0.905. The molecule has 0 heterocycles. The molecule has 0 aliphatic rings. The van der Waals surface area contributed by atoms with Gasteiger partial charge in [0.2, 0.25) is 0 Å². The Morgan fingerprint density at radius 1 is 1.53 bits per heavy atom. The fourth-order valence-electron chi connectivity index (χ4n) is 1.20. The minimum absolute atomic E-state index is 0.148. The smallest absolute Gasteiger partial charge is 0.251 e. The van der Waals surface area contributed by atoms with Gasteiger partial charge in [-0.25, -0.2) is 4.39 Å². The number of carbonyl (C=O) groups is 1. The monoisotopic (exact) mass is 258 g/mol. The second kappa shape index (κ2) is 5.77. The molecule has 0 spiro atoms. The molecular formula is C11H15FN2O2S. The molecule has 0 saturated carbocycles. The first-order valence-electron chi connectivity index (χ1n) is 5.06. The zero-order chi connectivity index (χ0) is 13.0. The Balaban J connectivity index is 2.67. The van der Waals surface area contributed by atoms with Crippen LogP contribution in [0, 0.1) is 5.82 Å². The van der Waals surface area contributed by atoms with E-state index in [4.69, 9.17) is 5.73 Å². The van der Waals surface area contributed by atoms with Crippen molar-refractivity contribution in [2.75, 3.05) is 18.5 Å². The molecule has 2 atom stereocenters. The van der Waals surface area contributed by atoms with Crippen LogP contribution in [0.15, 0.2) is 18.2 Å². The van der Waals surface area contributed by atoms with Crippen LogP contribution in [0.1, 0.15) is 17.3 Å². The molecule has 4 nitrogen and oxygen atoms in total. The molecular weight excluding hydrogens is 243 g/mol. The van der Waals surface area contributed by atoms with E-state index in [9.17, 15) is 13.4 Å². The zero-order valence-electron chi connectivity index (χ0n) is 9.70. The number of amides is 1. The summed E-state index contributed by atoms with van der Waals surface area (Å²) in [6, 6.07) is 3.64. The van der Waals surface area contributed by atoms with E-state index < -0.39 is 22.5 Å². The summed E-state index contributed by atoms with van der Waals surface area (Å²) < 4.78 is 24.1. The zero-order valence-corrected chi connectivity index (χ0v) is 10.5. The van der Waals surface area contributed by atoms with Crippen molar-refractivity contribution in [3.63, 3.8) is 0 Å². The number of hydrogen-bond acceptors (Lipinski definition) is 3. The number of nitrogens with one attached hydrogen (secondary N) is 1. The first kappa shape index (κ1) is 13.6. The van der Waals surface area contributed by atoms with E-state index >= 15 is 0 Å². The Bertz CT molecular complexity index is 431. The molecule has 17 heavy (non-hydrogen) atoms.